The van der Waals surface area contributed by atoms with Gasteiger partial charge in [-0.1, -0.05) is 41.4 Å². The van der Waals surface area contributed by atoms with Crippen LogP contribution in [-0.2, 0) is 14.8 Å². The fraction of sp³-hybridized carbons (Fsp3) is 0.350. The molecule has 0 heterocycles. The van der Waals surface area contributed by atoms with Crippen LogP contribution in [0.25, 0.3) is 0 Å². The zero-order valence-corrected chi connectivity index (χ0v) is 18.1. The van der Waals surface area contributed by atoms with Gasteiger partial charge in [-0.05, 0) is 44.5 Å². The molecule has 1 amide bonds. The quantitative estimate of drug-likeness (QED) is 0.735. The predicted molar refractivity (Wildman–Crippen MR) is 113 cm³/mol. The van der Waals surface area contributed by atoms with Crippen LogP contribution >= 0.6 is 11.6 Å². The number of carbonyl (C=O) groups is 1. The van der Waals surface area contributed by atoms with Crippen molar-refractivity contribution in [3.8, 4) is 5.75 Å². The lowest BCUT2D eigenvalue weighted by molar-refractivity contribution is -0.122. The lowest BCUT2D eigenvalue weighted by atomic mass is 10.1. The van der Waals surface area contributed by atoms with Crippen LogP contribution in [0.2, 0.25) is 5.02 Å². The van der Waals surface area contributed by atoms with E-state index in [-0.39, 0.29) is 11.1 Å². The normalized spacial score (nSPS) is 13.5. The minimum absolute atomic E-state index is 0.259. The molecule has 0 saturated heterocycles. The first kappa shape index (κ1) is 22.0. The van der Waals surface area contributed by atoms with E-state index in [1.807, 2.05) is 38.1 Å². The summed E-state index contributed by atoms with van der Waals surface area (Å²) in [7, 11) is -2.26. The van der Waals surface area contributed by atoms with Crippen molar-refractivity contribution in [1.29, 1.82) is 0 Å². The number of benzene rings is 2. The van der Waals surface area contributed by atoms with Crippen LogP contribution in [0.5, 0.6) is 5.75 Å². The van der Waals surface area contributed by atoms with Gasteiger partial charge in [-0.15, -0.1) is 0 Å². The number of nitrogens with zero attached hydrogens (tertiary/aromatic N) is 1. The van der Waals surface area contributed by atoms with Gasteiger partial charge < -0.3 is 10.1 Å². The summed E-state index contributed by atoms with van der Waals surface area (Å²) in [5, 5.41) is 3.13. The third kappa shape index (κ3) is 5.17. The Balaban J connectivity index is 2.27. The Morgan fingerprint density at radius 1 is 1.14 bits per heavy atom. The van der Waals surface area contributed by atoms with E-state index >= 15 is 0 Å². The molecular formula is C20H25ClN2O4S. The number of methoxy groups -OCH3 is 1. The van der Waals surface area contributed by atoms with E-state index in [1.54, 1.807) is 12.1 Å². The van der Waals surface area contributed by atoms with E-state index in [1.165, 1.54) is 20.1 Å². The van der Waals surface area contributed by atoms with Crippen LogP contribution < -0.4 is 14.4 Å². The monoisotopic (exact) mass is 424 g/mol. The number of nitrogens with one attached hydrogen (secondary N) is 1. The summed E-state index contributed by atoms with van der Waals surface area (Å²) in [5.74, 6) is 0.00871. The maximum absolute atomic E-state index is 12.8. The van der Waals surface area contributed by atoms with Gasteiger partial charge in [0.1, 0.15) is 11.8 Å². The molecule has 0 radical (unpaired) electrons. The summed E-state index contributed by atoms with van der Waals surface area (Å²) in [5.41, 5.74) is 2.35. The van der Waals surface area contributed by atoms with E-state index in [0.717, 1.165) is 21.7 Å². The largest absolute Gasteiger partial charge is 0.495 e. The van der Waals surface area contributed by atoms with Crippen molar-refractivity contribution in [1.82, 2.24) is 5.32 Å². The molecule has 2 rings (SSSR count). The molecule has 2 aromatic carbocycles. The molecule has 6 nitrogen and oxygen atoms in total. The van der Waals surface area contributed by atoms with Crippen LogP contribution in [0, 0.1) is 6.92 Å². The fourth-order valence-corrected chi connectivity index (χ4v) is 4.29. The van der Waals surface area contributed by atoms with Crippen LogP contribution in [0.3, 0.4) is 0 Å². The van der Waals surface area contributed by atoms with E-state index in [4.69, 9.17) is 16.3 Å². The number of amides is 1. The second kappa shape index (κ2) is 8.84. The summed E-state index contributed by atoms with van der Waals surface area (Å²) in [4.78, 5) is 12.8. The third-order valence-corrected chi connectivity index (χ3v) is 5.95. The highest BCUT2D eigenvalue weighted by Gasteiger charge is 2.30. The van der Waals surface area contributed by atoms with Gasteiger partial charge in [0.15, 0.2) is 0 Å². The van der Waals surface area contributed by atoms with Crippen molar-refractivity contribution in [3.63, 3.8) is 0 Å². The average molecular weight is 425 g/mol. The molecule has 0 aliphatic carbocycles. The average Bonchev–Trinajstić information content (AvgIpc) is 2.61. The summed E-state index contributed by atoms with van der Waals surface area (Å²) >= 11 is 6.14. The Labute approximate surface area is 171 Å². The van der Waals surface area contributed by atoms with Gasteiger partial charge >= 0.3 is 0 Å². The van der Waals surface area contributed by atoms with Crippen molar-refractivity contribution in [3.05, 3.63) is 58.6 Å². The standard InChI is InChI=1S/C20H25ClN2O4S/c1-13-6-8-16(9-7-13)14(2)22-20(24)15(3)23(28(5,25)26)17-10-11-19(27-4)18(21)12-17/h6-12,14-15H,1-5H3,(H,22,24)/t14-,15+/m0/s1. The van der Waals surface area contributed by atoms with Crippen LogP contribution in [0.4, 0.5) is 5.69 Å². The number of halogens is 1. The second-order valence-corrected chi connectivity index (χ2v) is 8.96. The number of anilines is 1. The van der Waals surface area contributed by atoms with Gasteiger partial charge in [0, 0.05) is 0 Å². The lowest BCUT2D eigenvalue weighted by Gasteiger charge is -2.29. The van der Waals surface area contributed by atoms with Gasteiger partial charge in [0.05, 0.1) is 30.1 Å². The van der Waals surface area contributed by atoms with Gasteiger partial charge in [0.2, 0.25) is 15.9 Å². The highest BCUT2D eigenvalue weighted by atomic mass is 35.5. The van der Waals surface area contributed by atoms with E-state index in [2.05, 4.69) is 5.32 Å². The molecule has 0 fully saturated rings. The molecule has 2 aromatic rings. The second-order valence-electron chi connectivity index (χ2n) is 6.69. The maximum atomic E-state index is 12.8. The molecule has 0 aliphatic heterocycles. The maximum Gasteiger partial charge on any atom is 0.244 e. The van der Waals surface area contributed by atoms with Crippen molar-refractivity contribution in [2.75, 3.05) is 17.7 Å². The number of hydrogen-bond donors (Lipinski definition) is 1. The van der Waals surface area contributed by atoms with Crippen LogP contribution in [-0.4, -0.2) is 33.7 Å². The molecule has 0 saturated carbocycles. The third-order valence-electron chi connectivity index (χ3n) is 4.41. The first-order valence-corrected chi connectivity index (χ1v) is 11.0. The Morgan fingerprint density at radius 2 is 1.75 bits per heavy atom. The van der Waals surface area contributed by atoms with E-state index in [9.17, 15) is 13.2 Å². The SMILES string of the molecule is COc1ccc(N([C@H](C)C(=O)N[C@@H](C)c2ccc(C)cc2)S(C)(=O)=O)cc1Cl. The number of ether oxygens (including phenoxy) is 1. The summed E-state index contributed by atoms with van der Waals surface area (Å²) in [6.07, 6.45) is 1.05. The van der Waals surface area contributed by atoms with Crippen molar-refractivity contribution in [2.24, 2.45) is 0 Å². The summed E-state index contributed by atoms with van der Waals surface area (Å²) in [6, 6.07) is 11.1. The molecule has 1 N–H and O–H groups in total. The smallest absolute Gasteiger partial charge is 0.244 e. The summed E-state index contributed by atoms with van der Waals surface area (Å²) < 4.78 is 31.0. The van der Waals surface area contributed by atoms with E-state index < -0.39 is 22.0 Å². The van der Waals surface area contributed by atoms with Crippen LogP contribution in [0.1, 0.15) is 31.0 Å². The molecule has 8 heteroatoms. The molecule has 0 unspecified atom stereocenters. The van der Waals surface area contributed by atoms with Gasteiger partial charge in [-0.2, -0.15) is 0 Å². The topological polar surface area (TPSA) is 75.7 Å². The first-order valence-electron chi connectivity index (χ1n) is 8.74. The Bertz CT molecular complexity index is 945. The Morgan fingerprint density at radius 3 is 2.25 bits per heavy atom. The number of hydrogen-bond acceptors (Lipinski definition) is 4. The first-order chi connectivity index (χ1) is 13.0. The van der Waals surface area contributed by atoms with E-state index in [0.29, 0.717) is 11.4 Å². The van der Waals surface area contributed by atoms with Crippen LogP contribution in [0.15, 0.2) is 42.5 Å². The van der Waals surface area contributed by atoms with Crippen molar-refractivity contribution >= 4 is 33.2 Å². The minimum atomic E-state index is -3.73. The highest BCUT2D eigenvalue weighted by Crippen LogP contribution is 2.31. The Kier molecular flexibility index (Phi) is 6.96. The number of rotatable bonds is 7. The predicted octanol–water partition coefficient (Wildman–Crippen LogP) is 3.69. The lowest BCUT2D eigenvalue weighted by Crippen LogP contribution is -2.48. The molecule has 0 aliphatic rings. The fourth-order valence-electron chi connectivity index (χ4n) is 2.87. The summed E-state index contributed by atoms with van der Waals surface area (Å²) in [6.45, 7) is 5.37. The molecule has 28 heavy (non-hydrogen) atoms. The molecular weight excluding hydrogens is 400 g/mol. The van der Waals surface area contributed by atoms with Gasteiger partial charge in [-0.3, -0.25) is 9.10 Å². The number of aryl methyl sites for hydroxylation is 1. The molecule has 152 valence electrons. The molecule has 0 aromatic heterocycles. The van der Waals surface area contributed by atoms with Crippen molar-refractivity contribution < 1.29 is 17.9 Å². The van der Waals surface area contributed by atoms with Gasteiger partial charge in [0.25, 0.3) is 0 Å². The number of sulfonamides is 1. The molecule has 0 bridgehead atoms. The highest BCUT2D eigenvalue weighted by molar-refractivity contribution is 7.92. The van der Waals surface area contributed by atoms with Gasteiger partial charge in [-0.25, -0.2) is 8.42 Å². The molecule has 2 atom stereocenters. The minimum Gasteiger partial charge on any atom is -0.495 e. The number of carbonyl (C=O) groups excluding carboxylic acids is 1. The van der Waals surface area contributed by atoms with Crippen molar-refractivity contribution in [2.45, 2.75) is 32.9 Å². The molecule has 0 spiro atoms. The zero-order valence-electron chi connectivity index (χ0n) is 16.6. The Hall–Kier alpha value is -2.25. The zero-order chi connectivity index (χ0) is 21.1.